The summed E-state index contributed by atoms with van der Waals surface area (Å²) in [6.07, 6.45) is 0.987. The molecule has 21 heavy (non-hydrogen) atoms. The van der Waals surface area contributed by atoms with Crippen LogP contribution in [0.4, 0.5) is 5.69 Å². The van der Waals surface area contributed by atoms with Gasteiger partial charge in [0.15, 0.2) is 0 Å². The van der Waals surface area contributed by atoms with Crippen molar-refractivity contribution in [3.63, 3.8) is 0 Å². The lowest BCUT2D eigenvalue weighted by Crippen LogP contribution is -2.30. The minimum absolute atomic E-state index is 0.117. The Hall–Kier alpha value is -1.24. The van der Waals surface area contributed by atoms with Crippen molar-refractivity contribution in [3.05, 3.63) is 60.7 Å². The van der Waals surface area contributed by atoms with Gasteiger partial charge in [-0.2, -0.15) is 0 Å². The van der Waals surface area contributed by atoms with Gasteiger partial charge < -0.3 is 0 Å². The predicted molar refractivity (Wildman–Crippen MR) is 89.7 cm³/mol. The highest BCUT2D eigenvalue weighted by Gasteiger charge is 2.17. The van der Waals surface area contributed by atoms with Gasteiger partial charge in [0, 0.05) is 23.5 Å². The van der Waals surface area contributed by atoms with E-state index in [2.05, 4.69) is 45.3 Å². The summed E-state index contributed by atoms with van der Waals surface area (Å²) in [6, 6.07) is 9.74. The van der Waals surface area contributed by atoms with E-state index in [1.165, 1.54) is 10.9 Å². The van der Waals surface area contributed by atoms with Crippen molar-refractivity contribution in [1.29, 1.82) is 0 Å². The molecule has 1 unspecified atom stereocenters. The van der Waals surface area contributed by atoms with Gasteiger partial charge in [0.25, 0.3) is 5.69 Å². The summed E-state index contributed by atoms with van der Waals surface area (Å²) in [5, 5.41) is 13.1. The number of nitro benzene ring substituents is 1. The molecule has 6 heteroatoms. The van der Waals surface area contributed by atoms with Crippen LogP contribution >= 0.6 is 27.3 Å². The van der Waals surface area contributed by atoms with Gasteiger partial charge in [-0.25, -0.2) is 0 Å². The number of hydrogen-bond acceptors (Lipinski definition) is 4. The first kappa shape index (κ1) is 16.1. The summed E-state index contributed by atoms with van der Waals surface area (Å²) in [7, 11) is 2.05. The summed E-state index contributed by atoms with van der Waals surface area (Å²) in [5.74, 6) is 0. The second kappa shape index (κ2) is 7.15. The van der Waals surface area contributed by atoms with Gasteiger partial charge >= 0.3 is 0 Å². The average Bonchev–Trinajstić information content (AvgIpc) is 2.93. The lowest BCUT2D eigenvalue weighted by atomic mass is 10.1. The Labute approximate surface area is 136 Å². The van der Waals surface area contributed by atoms with Crippen molar-refractivity contribution < 1.29 is 4.92 Å². The minimum Gasteiger partial charge on any atom is -0.299 e. The van der Waals surface area contributed by atoms with E-state index in [1.54, 1.807) is 17.4 Å². The number of nitrogens with zero attached hydrogens (tertiary/aromatic N) is 2. The zero-order valence-corrected chi connectivity index (χ0v) is 14.4. The van der Waals surface area contributed by atoms with E-state index in [1.807, 2.05) is 13.1 Å². The van der Waals surface area contributed by atoms with Crippen molar-refractivity contribution in [2.45, 2.75) is 25.9 Å². The smallest absolute Gasteiger partial charge is 0.283 e. The third-order valence-corrected chi connectivity index (χ3v) is 5.32. The molecule has 2 rings (SSSR count). The van der Waals surface area contributed by atoms with Crippen LogP contribution < -0.4 is 0 Å². The molecule has 1 heterocycles. The standard InChI is InChI=1S/C15H17BrN2O2S/c1-11(9-13-6-4-8-21-13)17(2)10-12-5-3-7-14(15(12)16)18(19)20/h3-8,11H,9-10H2,1-2H3. The Morgan fingerprint density at radius 2 is 2.14 bits per heavy atom. The summed E-state index contributed by atoms with van der Waals surface area (Å²) in [6.45, 7) is 2.85. The molecule has 0 radical (unpaired) electrons. The number of hydrogen-bond donors (Lipinski definition) is 0. The molecule has 0 saturated heterocycles. The first-order valence-electron chi connectivity index (χ1n) is 6.63. The largest absolute Gasteiger partial charge is 0.299 e. The van der Waals surface area contributed by atoms with E-state index in [-0.39, 0.29) is 10.6 Å². The number of rotatable bonds is 6. The van der Waals surface area contributed by atoms with Crippen molar-refractivity contribution in [1.82, 2.24) is 4.90 Å². The summed E-state index contributed by atoms with van der Waals surface area (Å²) in [4.78, 5) is 14.2. The second-order valence-corrected chi connectivity index (χ2v) is 6.88. The van der Waals surface area contributed by atoms with Crippen LogP contribution in [0.5, 0.6) is 0 Å². The molecule has 0 fully saturated rings. The number of nitro groups is 1. The highest BCUT2D eigenvalue weighted by atomic mass is 79.9. The third kappa shape index (κ3) is 4.12. The molecular formula is C15H17BrN2O2S. The molecule has 1 aromatic heterocycles. The fourth-order valence-electron chi connectivity index (χ4n) is 2.13. The molecular weight excluding hydrogens is 352 g/mol. The zero-order chi connectivity index (χ0) is 15.4. The van der Waals surface area contributed by atoms with E-state index >= 15 is 0 Å². The monoisotopic (exact) mass is 368 g/mol. The van der Waals surface area contributed by atoms with E-state index < -0.39 is 0 Å². The van der Waals surface area contributed by atoms with E-state index in [0.29, 0.717) is 17.1 Å². The SMILES string of the molecule is CC(Cc1cccs1)N(C)Cc1cccc([N+](=O)[O-])c1Br. The maximum absolute atomic E-state index is 11.0. The fourth-order valence-corrected chi connectivity index (χ4v) is 3.49. The number of thiophene rings is 1. The Morgan fingerprint density at radius 1 is 1.38 bits per heavy atom. The summed E-state index contributed by atoms with van der Waals surface area (Å²) >= 11 is 5.11. The summed E-state index contributed by atoms with van der Waals surface area (Å²) < 4.78 is 0.574. The van der Waals surface area contributed by atoms with Crippen molar-refractivity contribution in [2.75, 3.05) is 7.05 Å². The van der Waals surface area contributed by atoms with Crippen LogP contribution in [0.3, 0.4) is 0 Å². The Bertz CT molecular complexity index is 616. The Kier molecular flexibility index (Phi) is 5.50. The minimum atomic E-state index is -0.358. The topological polar surface area (TPSA) is 46.4 Å². The van der Waals surface area contributed by atoms with Crippen molar-refractivity contribution in [3.8, 4) is 0 Å². The van der Waals surface area contributed by atoms with Gasteiger partial charge in [-0.3, -0.25) is 15.0 Å². The normalized spacial score (nSPS) is 12.6. The van der Waals surface area contributed by atoms with Crippen molar-refractivity contribution >= 4 is 33.0 Å². The molecule has 0 N–H and O–H groups in total. The van der Waals surface area contributed by atoms with Gasteiger partial charge in [-0.05, 0) is 53.3 Å². The predicted octanol–water partition coefficient (Wildman–Crippen LogP) is 4.48. The summed E-state index contributed by atoms with van der Waals surface area (Å²) in [5.41, 5.74) is 1.05. The maximum Gasteiger partial charge on any atom is 0.283 e. The fraction of sp³-hybridized carbons (Fsp3) is 0.333. The number of likely N-dealkylation sites (N-methyl/N-ethyl adjacent to an activating group) is 1. The first-order chi connectivity index (χ1) is 9.99. The second-order valence-electron chi connectivity index (χ2n) is 5.05. The molecule has 112 valence electrons. The highest BCUT2D eigenvalue weighted by Crippen LogP contribution is 2.29. The van der Waals surface area contributed by atoms with E-state index in [9.17, 15) is 10.1 Å². The van der Waals surface area contributed by atoms with Crippen LogP contribution in [-0.2, 0) is 13.0 Å². The van der Waals surface area contributed by atoms with Crippen LogP contribution in [0.25, 0.3) is 0 Å². The zero-order valence-electron chi connectivity index (χ0n) is 12.0. The Morgan fingerprint density at radius 3 is 2.76 bits per heavy atom. The molecule has 0 aliphatic heterocycles. The quantitative estimate of drug-likeness (QED) is 0.557. The van der Waals surface area contributed by atoms with Crippen LogP contribution in [0.15, 0.2) is 40.2 Å². The van der Waals surface area contributed by atoms with Crippen LogP contribution in [0.1, 0.15) is 17.4 Å². The molecule has 0 aliphatic rings. The third-order valence-electron chi connectivity index (χ3n) is 3.50. The molecule has 4 nitrogen and oxygen atoms in total. The highest BCUT2D eigenvalue weighted by molar-refractivity contribution is 9.10. The van der Waals surface area contributed by atoms with Crippen LogP contribution in [0.2, 0.25) is 0 Å². The molecule has 0 amide bonds. The van der Waals surface area contributed by atoms with E-state index in [4.69, 9.17) is 0 Å². The molecule has 1 aromatic carbocycles. The molecule has 0 bridgehead atoms. The molecule has 2 aromatic rings. The van der Waals surface area contributed by atoms with Crippen LogP contribution in [0, 0.1) is 10.1 Å². The number of halogens is 1. The van der Waals surface area contributed by atoms with E-state index in [0.717, 1.165) is 12.0 Å². The van der Waals surface area contributed by atoms with Gasteiger partial charge in [0.05, 0.1) is 9.40 Å². The number of benzene rings is 1. The van der Waals surface area contributed by atoms with Crippen LogP contribution in [-0.4, -0.2) is 22.9 Å². The maximum atomic E-state index is 11.0. The van der Waals surface area contributed by atoms with Crippen molar-refractivity contribution in [2.24, 2.45) is 0 Å². The van der Waals surface area contributed by atoms with Gasteiger partial charge in [0.1, 0.15) is 0 Å². The van der Waals surface area contributed by atoms with Gasteiger partial charge in [-0.15, -0.1) is 11.3 Å². The molecule has 0 saturated carbocycles. The average molecular weight is 369 g/mol. The first-order valence-corrected chi connectivity index (χ1v) is 8.30. The lowest BCUT2D eigenvalue weighted by molar-refractivity contribution is -0.385. The molecule has 0 spiro atoms. The van der Waals surface area contributed by atoms with Gasteiger partial charge in [-0.1, -0.05) is 18.2 Å². The van der Waals surface area contributed by atoms with Gasteiger partial charge in [0.2, 0.25) is 0 Å². The lowest BCUT2D eigenvalue weighted by Gasteiger charge is -2.24. The Balaban J connectivity index is 2.07. The molecule has 1 atom stereocenters. The molecule has 0 aliphatic carbocycles.